The third-order valence-corrected chi connectivity index (χ3v) is 4.35. The molecule has 0 saturated carbocycles. The monoisotopic (exact) mass is 328 g/mol. The van der Waals surface area contributed by atoms with Crippen LogP contribution in [0.25, 0.3) is 0 Å². The van der Waals surface area contributed by atoms with Crippen LogP contribution >= 0.6 is 0 Å². The van der Waals surface area contributed by atoms with Gasteiger partial charge in [-0.05, 0) is 24.6 Å². The molecule has 2 aromatic rings. The van der Waals surface area contributed by atoms with E-state index in [0.717, 1.165) is 6.07 Å². The summed E-state index contributed by atoms with van der Waals surface area (Å²) in [6.07, 6.45) is 2.46. The number of carboxylic acids is 1. The molecule has 1 aromatic carbocycles. The molecule has 0 aliphatic heterocycles. The fourth-order valence-electron chi connectivity index (χ4n) is 1.68. The summed E-state index contributed by atoms with van der Waals surface area (Å²) in [5.74, 6) is -2.07. The molecule has 0 aliphatic rings. The van der Waals surface area contributed by atoms with Gasteiger partial charge in [0.05, 0.1) is 11.4 Å². The minimum absolute atomic E-state index is 0.247. The van der Waals surface area contributed by atoms with Gasteiger partial charge in [-0.15, -0.1) is 0 Å². The molecular formula is C12H13FN4O4S. The summed E-state index contributed by atoms with van der Waals surface area (Å²) in [5.41, 5.74) is 0.288. The van der Waals surface area contributed by atoms with E-state index in [-0.39, 0.29) is 17.0 Å². The van der Waals surface area contributed by atoms with Gasteiger partial charge in [0.1, 0.15) is 24.5 Å². The Hall–Kier alpha value is -2.33. The first-order valence-electron chi connectivity index (χ1n) is 6.13. The predicted molar refractivity (Wildman–Crippen MR) is 72.9 cm³/mol. The number of nitrogens with one attached hydrogen (secondary N) is 1. The van der Waals surface area contributed by atoms with E-state index in [4.69, 9.17) is 5.11 Å². The van der Waals surface area contributed by atoms with Crippen LogP contribution in [-0.2, 0) is 21.4 Å². The zero-order chi connectivity index (χ0) is 16.3. The highest BCUT2D eigenvalue weighted by atomic mass is 32.2. The Labute approximate surface area is 125 Å². The second-order valence-electron chi connectivity index (χ2n) is 4.54. The number of hydrogen-bond donors (Lipinski definition) is 2. The number of carboxylic acid groups (broad SMARTS) is 1. The smallest absolute Gasteiger partial charge is 0.323 e. The van der Waals surface area contributed by atoms with Crippen molar-refractivity contribution in [3.05, 3.63) is 42.2 Å². The highest BCUT2D eigenvalue weighted by Gasteiger charge is 2.26. The molecular weight excluding hydrogens is 315 g/mol. The maximum Gasteiger partial charge on any atom is 0.323 e. The van der Waals surface area contributed by atoms with Gasteiger partial charge in [-0.2, -0.15) is 9.82 Å². The molecule has 0 aliphatic carbocycles. The lowest BCUT2D eigenvalue weighted by molar-refractivity contribution is -0.139. The van der Waals surface area contributed by atoms with Crippen molar-refractivity contribution in [2.75, 3.05) is 0 Å². The van der Waals surface area contributed by atoms with Crippen LogP contribution in [-0.4, -0.2) is 40.3 Å². The highest BCUT2D eigenvalue weighted by molar-refractivity contribution is 7.89. The third-order valence-electron chi connectivity index (χ3n) is 2.89. The van der Waals surface area contributed by atoms with E-state index in [1.807, 2.05) is 4.72 Å². The highest BCUT2D eigenvalue weighted by Crippen LogP contribution is 2.14. The summed E-state index contributed by atoms with van der Waals surface area (Å²) in [4.78, 5) is 14.5. The molecule has 0 bridgehead atoms. The Bertz CT molecular complexity index is 776. The van der Waals surface area contributed by atoms with Crippen molar-refractivity contribution in [3.63, 3.8) is 0 Å². The fourth-order valence-corrected chi connectivity index (χ4v) is 2.87. The van der Waals surface area contributed by atoms with Crippen LogP contribution in [0.4, 0.5) is 4.39 Å². The SMILES string of the molecule is Cc1ccc(S(=O)(=O)NC(Cn2cncn2)C(=O)O)cc1F. The second-order valence-corrected chi connectivity index (χ2v) is 6.25. The molecule has 10 heteroatoms. The quantitative estimate of drug-likeness (QED) is 0.780. The van der Waals surface area contributed by atoms with Crippen LogP contribution < -0.4 is 4.72 Å². The van der Waals surface area contributed by atoms with Crippen LogP contribution in [0, 0.1) is 12.7 Å². The molecule has 0 spiro atoms. The number of aromatic nitrogens is 3. The van der Waals surface area contributed by atoms with E-state index in [0.29, 0.717) is 0 Å². The van der Waals surface area contributed by atoms with Gasteiger partial charge in [0.15, 0.2) is 0 Å². The minimum Gasteiger partial charge on any atom is -0.480 e. The van der Waals surface area contributed by atoms with E-state index in [1.54, 1.807) is 0 Å². The van der Waals surface area contributed by atoms with E-state index in [9.17, 15) is 17.6 Å². The number of rotatable bonds is 6. The summed E-state index contributed by atoms with van der Waals surface area (Å²) in [6, 6.07) is 1.88. The number of halogens is 1. The van der Waals surface area contributed by atoms with Gasteiger partial charge >= 0.3 is 5.97 Å². The Morgan fingerprint density at radius 3 is 2.77 bits per heavy atom. The Kier molecular flexibility index (Phi) is 4.52. The summed E-state index contributed by atoms with van der Waals surface area (Å²) in [6.45, 7) is 1.24. The van der Waals surface area contributed by atoms with Crippen molar-refractivity contribution >= 4 is 16.0 Å². The van der Waals surface area contributed by atoms with Crippen molar-refractivity contribution in [1.29, 1.82) is 0 Å². The minimum atomic E-state index is -4.18. The summed E-state index contributed by atoms with van der Waals surface area (Å²) in [5, 5.41) is 12.8. The molecule has 0 radical (unpaired) electrons. The largest absolute Gasteiger partial charge is 0.480 e. The average molecular weight is 328 g/mol. The molecule has 1 heterocycles. The first kappa shape index (κ1) is 16.0. The van der Waals surface area contributed by atoms with Gasteiger partial charge < -0.3 is 5.11 Å². The molecule has 1 aromatic heterocycles. The van der Waals surface area contributed by atoms with Gasteiger partial charge in [-0.3, -0.25) is 9.48 Å². The van der Waals surface area contributed by atoms with E-state index in [2.05, 4.69) is 10.1 Å². The Balaban J connectivity index is 2.24. The maximum absolute atomic E-state index is 13.5. The number of hydrogen-bond acceptors (Lipinski definition) is 5. The molecule has 118 valence electrons. The normalized spacial score (nSPS) is 13.0. The molecule has 1 unspecified atom stereocenters. The molecule has 0 saturated heterocycles. The van der Waals surface area contributed by atoms with Crippen molar-refractivity contribution in [1.82, 2.24) is 19.5 Å². The zero-order valence-corrected chi connectivity index (χ0v) is 12.3. The van der Waals surface area contributed by atoms with Crippen LogP contribution in [0.2, 0.25) is 0 Å². The number of sulfonamides is 1. The maximum atomic E-state index is 13.5. The molecule has 0 amide bonds. The van der Waals surface area contributed by atoms with Crippen LogP contribution in [0.3, 0.4) is 0 Å². The Morgan fingerprint density at radius 1 is 1.50 bits per heavy atom. The van der Waals surface area contributed by atoms with Crippen LogP contribution in [0.1, 0.15) is 5.56 Å². The van der Waals surface area contributed by atoms with Gasteiger partial charge in [-0.25, -0.2) is 17.8 Å². The van der Waals surface area contributed by atoms with Crippen molar-refractivity contribution in [2.45, 2.75) is 24.4 Å². The zero-order valence-electron chi connectivity index (χ0n) is 11.5. The van der Waals surface area contributed by atoms with E-state index in [1.165, 1.54) is 36.4 Å². The first-order chi connectivity index (χ1) is 10.3. The third kappa shape index (κ3) is 3.65. The molecule has 1 atom stereocenters. The summed E-state index contributed by atoms with van der Waals surface area (Å²) >= 11 is 0. The molecule has 0 fully saturated rings. The molecule has 2 N–H and O–H groups in total. The summed E-state index contributed by atoms with van der Waals surface area (Å²) in [7, 11) is -4.18. The molecule has 2 rings (SSSR count). The van der Waals surface area contributed by atoms with Crippen molar-refractivity contribution < 1.29 is 22.7 Å². The molecule has 8 nitrogen and oxygen atoms in total. The fraction of sp³-hybridized carbons (Fsp3) is 0.250. The lowest BCUT2D eigenvalue weighted by Gasteiger charge is -2.15. The molecule has 22 heavy (non-hydrogen) atoms. The first-order valence-corrected chi connectivity index (χ1v) is 7.61. The number of aryl methyl sites for hydroxylation is 1. The van der Waals surface area contributed by atoms with E-state index >= 15 is 0 Å². The van der Waals surface area contributed by atoms with Gasteiger partial charge in [0, 0.05) is 0 Å². The van der Waals surface area contributed by atoms with Crippen LogP contribution in [0.15, 0.2) is 35.7 Å². The van der Waals surface area contributed by atoms with Gasteiger partial charge in [0.2, 0.25) is 10.0 Å². The Morgan fingerprint density at radius 2 is 2.23 bits per heavy atom. The van der Waals surface area contributed by atoms with Gasteiger partial charge in [0.25, 0.3) is 0 Å². The lowest BCUT2D eigenvalue weighted by atomic mass is 10.2. The standard InChI is InChI=1S/C12H13FN4O4S/c1-8-2-3-9(4-10(8)13)22(20,21)16-11(12(18)19)5-17-7-14-6-15-17/h2-4,6-7,11,16H,5H2,1H3,(H,18,19). The predicted octanol–water partition coefficient (Wildman–Crippen LogP) is 0.157. The van der Waals surface area contributed by atoms with Crippen molar-refractivity contribution in [3.8, 4) is 0 Å². The van der Waals surface area contributed by atoms with Gasteiger partial charge in [-0.1, -0.05) is 6.07 Å². The second kappa shape index (κ2) is 6.20. The van der Waals surface area contributed by atoms with Crippen LogP contribution in [0.5, 0.6) is 0 Å². The topological polar surface area (TPSA) is 114 Å². The number of carbonyl (C=O) groups is 1. The van der Waals surface area contributed by atoms with E-state index < -0.39 is 27.9 Å². The lowest BCUT2D eigenvalue weighted by Crippen LogP contribution is -2.43. The van der Waals surface area contributed by atoms with Crippen molar-refractivity contribution in [2.24, 2.45) is 0 Å². The number of nitrogens with zero attached hydrogens (tertiary/aromatic N) is 3. The number of benzene rings is 1. The summed E-state index contributed by atoms with van der Waals surface area (Å²) < 4.78 is 41.0. The number of aliphatic carboxylic acids is 1. The average Bonchev–Trinajstić information content (AvgIpc) is 2.93.